The molecule has 2 rings (SSSR count). The van der Waals surface area contributed by atoms with E-state index in [9.17, 15) is 4.79 Å². The molecule has 2 aromatic rings. The van der Waals surface area contributed by atoms with Gasteiger partial charge in [-0.1, -0.05) is 13.3 Å². The zero-order valence-corrected chi connectivity index (χ0v) is 14.0. The first kappa shape index (κ1) is 16.9. The highest BCUT2D eigenvalue weighted by Crippen LogP contribution is 2.14. The van der Waals surface area contributed by atoms with Gasteiger partial charge >= 0.3 is 6.03 Å². The van der Waals surface area contributed by atoms with E-state index in [2.05, 4.69) is 22.2 Å². The summed E-state index contributed by atoms with van der Waals surface area (Å²) in [5, 5.41) is 2.98. The minimum Gasteiger partial charge on any atom is -0.320 e. The lowest BCUT2D eigenvalue weighted by Gasteiger charge is -2.23. The van der Waals surface area contributed by atoms with Crippen LogP contribution in [0.25, 0.3) is 0 Å². The molecule has 0 aromatic carbocycles. The van der Waals surface area contributed by atoms with E-state index in [1.54, 1.807) is 12.4 Å². The van der Waals surface area contributed by atoms with Crippen molar-refractivity contribution in [3.05, 3.63) is 53.6 Å². The van der Waals surface area contributed by atoms with Gasteiger partial charge in [0, 0.05) is 31.2 Å². The highest BCUT2D eigenvalue weighted by Gasteiger charge is 2.15. The molecule has 5 nitrogen and oxygen atoms in total. The Kier molecular flexibility index (Phi) is 6.09. The Morgan fingerprint density at radius 1 is 1.17 bits per heavy atom. The van der Waals surface area contributed by atoms with Crippen LogP contribution in [0.2, 0.25) is 0 Å². The SMILES string of the molecule is CCCCN(Cc1ccncc1)C(=O)Nc1ccc(C)nc1C. The molecule has 0 saturated heterocycles. The van der Waals surface area contributed by atoms with Crippen molar-refractivity contribution in [3.63, 3.8) is 0 Å². The van der Waals surface area contributed by atoms with E-state index in [0.29, 0.717) is 6.54 Å². The predicted octanol–water partition coefficient (Wildman–Crippen LogP) is 3.93. The molecule has 122 valence electrons. The van der Waals surface area contributed by atoms with E-state index >= 15 is 0 Å². The molecule has 0 saturated carbocycles. The maximum Gasteiger partial charge on any atom is 0.322 e. The number of anilines is 1. The minimum absolute atomic E-state index is 0.0935. The molecule has 0 aliphatic rings. The zero-order valence-electron chi connectivity index (χ0n) is 14.0. The molecule has 2 amide bonds. The van der Waals surface area contributed by atoms with E-state index in [0.717, 1.165) is 42.0 Å². The van der Waals surface area contributed by atoms with Crippen LogP contribution in [0.1, 0.15) is 36.7 Å². The molecule has 0 atom stereocenters. The van der Waals surface area contributed by atoms with Gasteiger partial charge in [0.1, 0.15) is 0 Å². The van der Waals surface area contributed by atoms with Crippen LogP contribution in [0.4, 0.5) is 10.5 Å². The van der Waals surface area contributed by atoms with Crippen LogP contribution in [0.15, 0.2) is 36.7 Å². The number of carbonyl (C=O) groups excluding carboxylic acids is 1. The molecule has 2 aromatic heterocycles. The quantitative estimate of drug-likeness (QED) is 0.879. The number of hydrogen-bond donors (Lipinski definition) is 1. The normalized spacial score (nSPS) is 10.4. The fourth-order valence-electron chi connectivity index (χ4n) is 2.32. The molecule has 2 heterocycles. The van der Waals surface area contributed by atoms with Gasteiger partial charge in [0.05, 0.1) is 11.4 Å². The predicted molar refractivity (Wildman–Crippen MR) is 92.3 cm³/mol. The summed E-state index contributed by atoms with van der Waals surface area (Å²) in [4.78, 5) is 22.9. The highest BCUT2D eigenvalue weighted by molar-refractivity contribution is 5.89. The lowest BCUT2D eigenvalue weighted by atomic mass is 10.2. The zero-order chi connectivity index (χ0) is 16.7. The first-order valence-electron chi connectivity index (χ1n) is 7.99. The van der Waals surface area contributed by atoms with Gasteiger partial charge < -0.3 is 10.2 Å². The lowest BCUT2D eigenvalue weighted by molar-refractivity contribution is 0.208. The van der Waals surface area contributed by atoms with Crippen molar-refractivity contribution in [3.8, 4) is 0 Å². The molecular formula is C18H24N4O. The summed E-state index contributed by atoms with van der Waals surface area (Å²) in [6.07, 6.45) is 5.52. The molecular weight excluding hydrogens is 288 g/mol. The van der Waals surface area contributed by atoms with Crippen LogP contribution in [-0.4, -0.2) is 27.4 Å². The number of amides is 2. The molecule has 0 aliphatic carbocycles. The van der Waals surface area contributed by atoms with Gasteiger partial charge in [-0.2, -0.15) is 0 Å². The second kappa shape index (κ2) is 8.27. The summed E-state index contributed by atoms with van der Waals surface area (Å²) in [6, 6.07) is 7.58. The van der Waals surface area contributed by atoms with Gasteiger partial charge in [-0.05, 0) is 50.1 Å². The topological polar surface area (TPSA) is 58.1 Å². The van der Waals surface area contributed by atoms with Crippen LogP contribution >= 0.6 is 0 Å². The van der Waals surface area contributed by atoms with Gasteiger partial charge in [0.15, 0.2) is 0 Å². The number of urea groups is 1. The number of unbranched alkanes of at least 4 members (excludes halogenated alkanes) is 1. The average Bonchev–Trinajstić information content (AvgIpc) is 2.55. The van der Waals surface area contributed by atoms with Gasteiger partial charge in [0.2, 0.25) is 0 Å². The van der Waals surface area contributed by atoms with Crippen LogP contribution in [-0.2, 0) is 6.54 Å². The number of aryl methyl sites for hydroxylation is 2. The van der Waals surface area contributed by atoms with E-state index in [4.69, 9.17) is 0 Å². The largest absolute Gasteiger partial charge is 0.322 e. The molecule has 1 N–H and O–H groups in total. The first-order chi connectivity index (χ1) is 11.1. The van der Waals surface area contributed by atoms with Crippen molar-refractivity contribution in [1.29, 1.82) is 0 Å². The van der Waals surface area contributed by atoms with Gasteiger partial charge in [-0.25, -0.2) is 4.79 Å². The third-order valence-corrected chi connectivity index (χ3v) is 3.66. The Hall–Kier alpha value is -2.43. The Labute approximate surface area is 137 Å². The van der Waals surface area contributed by atoms with Crippen LogP contribution in [0, 0.1) is 13.8 Å². The van der Waals surface area contributed by atoms with Crippen molar-refractivity contribution in [2.75, 3.05) is 11.9 Å². The number of aromatic nitrogens is 2. The van der Waals surface area contributed by atoms with E-state index in [1.807, 2.05) is 43.0 Å². The monoisotopic (exact) mass is 312 g/mol. The Morgan fingerprint density at radius 2 is 1.91 bits per heavy atom. The lowest BCUT2D eigenvalue weighted by Crippen LogP contribution is -2.35. The molecule has 23 heavy (non-hydrogen) atoms. The summed E-state index contributed by atoms with van der Waals surface area (Å²) in [7, 11) is 0. The third kappa shape index (κ3) is 5.06. The first-order valence-corrected chi connectivity index (χ1v) is 7.99. The smallest absolute Gasteiger partial charge is 0.320 e. The van der Waals surface area contributed by atoms with E-state index in [1.165, 1.54) is 0 Å². The standard InChI is InChI=1S/C18H24N4O/c1-4-5-12-22(13-16-8-10-19-11-9-16)18(23)21-17-7-6-14(2)20-15(17)3/h6-11H,4-5,12-13H2,1-3H3,(H,21,23). The molecule has 5 heteroatoms. The van der Waals surface area contributed by atoms with Crippen LogP contribution < -0.4 is 5.32 Å². The van der Waals surface area contributed by atoms with Crippen molar-refractivity contribution in [2.24, 2.45) is 0 Å². The number of hydrogen-bond acceptors (Lipinski definition) is 3. The number of nitrogens with one attached hydrogen (secondary N) is 1. The molecule has 0 fully saturated rings. The second-order valence-electron chi connectivity index (χ2n) is 5.65. The van der Waals surface area contributed by atoms with Gasteiger partial charge in [-0.3, -0.25) is 9.97 Å². The highest BCUT2D eigenvalue weighted by atomic mass is 16.2. The fraction of sp³-hybridized carbons (Fsp3) is 0.389. The van der Waals surface area contributed by atoms with Crippen LogP contribution in [0.3, 0.4) is 0 Å². The number of carbonyl (C=O) groups is 1. The number of rotatable bonds is 6. The maximum atomic E-state index is 12.6. The van der Waals surface area contributed by atoms with Crippen molar-refractivity contribution < 1.29 is 4.79 Å². The molecule has 0 radical (unpaired) electrons. The summed E-state index contributed by atoms with van der Waals surface area (Å²) in [5.41, 5.74) is 3.61. The van der Waals surface area contributed by atoms with Crippen molar-refractivity contribution in [1.82, 2.24) is 14.9 Å². The van der Waals surface area contributed by atoms with E-state index in [-0.39, 0.29) is 6.03 Å². The minimum atomic E-state index is -0.0935. The van der Waals surface area contributed by atoms with Crippen molar-refractivity contribution in [2.45, 2.75) is 40.2 Å². The molecule has 0 unspecified atom stereocenters. The third-order valence-electron chi connectivity index (χ3n) is 3.66. The van der Waals surface area contributed by atoms with Gasteiger partial charge in [-0.15, -0.1) is 0 Å². The Bertz CT molecular complexity index is 643. The number of pyridine rings is 2. The molecule has 0 bridgehead atoms. The molecule has 0 spiro atoms. The summed E-state index contributed by atoms with van der Waals surface area (Å²) in [5.74, 6) is 0. The van der Waals surface area contributed by atoms with Gasteiger partial charge in [0.25, 0.3) is 0 Å². The second-order valence-corrected chi connectivity index (χ2v) is 5.65. The van der Waals surface area contributed by atoms with Crippen molar-refractivity contribution >= 4 is 11.7 Å². The Balaban J connectivity index is 2.09. The Morgan fingerprint density at radius 3 is 2.57 bits per heavy atom. The average molecular weight is 312 g/mol. The summed E-state index contributed by atoms with van der Waals surface area (Å²) in [6.45, 7) is 7.27. The van der Waals surface area contributed by atoms with Crippen LogP contribution in [0.5, 0.6) is 0 Å². The fourth-order valence-corrected chi connectivity index (χ4v) is 2.32. The summed E-state index contributed by atoms with van der Waals surface area (Å²) >= 11 is 0. The number of nitrogens with zero attached hydrogens (tertiary/aromatic N) is 3. The summed E-state index contributed by atoms with van der Waals surface area (Å²) < 4.78 is 0. The molecule has 0 aliphatic heterocycles. The maximum absolute atomic E-state index is 12.6. The van der Waals surface area contributed by atoms with E-state index < -0.39 is 0 Å².